The zero-order chi connectivity index (χ0) is 22.3. The van der Waals surface area contributed by atoms with Gasteiger partial charge in [0.2, 0.25) is 5.91 Å². The van der Waals surface area contributed by atoms with Crippen molar-refractivity contribution in [2.75, 3.05) is 19.7 Å². The van der Waals surface area contributed by atoms with Crippen LogP contribution in [-0.4, -0.2) is 52.6 Å². The maximum Gasteiger partial charge on any atom is 0.271 e. The molecule has 1 saturated carbocycles. The number of benzene rings is 1. The minimum absolute atomic E-state index is 0.0401. The molecule has 172 valence electrons. The number of carbonyl (C=O) groups is 2. The first kappa shape index (κ1) is 22.4. The molecule has 0 atom stereocenters. The minimum atomic E-state index is -0.0401. The number of ether oxygens (including phenoxy) is 1. The van der Waals surface area contributed by atoms with E-state index in [9.17, 15) is 9.59 Å². The van der Waals surface area contributed by atoms with Crippen LogP contribution in [0.3, 0.4) is 0 Å². The third kappa shape index (κ3) is 5.69. The summed E-state index contributed by atoms with van der Waals surface area (Å²) in [7, 11) is 0. The van der Waals surface area contributed by atoms with Gasteiger partial charge in [-0.2, -0.15) is 5.10 Å². The van der Waals surface area contributed by atoms with Gasteiger partial charge in [-0.05, 0) is 68.9 Å². The van der Waals surface area contributed by atoms with E-state index in [1.807, 2.05) is 36.1 Å². The maximum atomic E-state index is 12.9. The molecule has 0 radical (unpaired) electrons. The summed E-state index contributed by atoms with van der Waals surface area (Å²) >= 11 is 0. The fourth-order valence-corrected chi connectivity index (χ4v) is 4.81. The first-order chi connectivity index (χ1) is 15.6. The van der Waals surface area contributed by atoms with Crippen molar-refractivity contribution in [2.45, 2.75) is 64.3 Å². The van der Waals surface area contributed by atoms with Gasteiger partial charge < -0.3 is 15.0 Å². The quantitative estimate of drug-likeness (QED) is 0.679. The largest absolute Gasteiger partial charge is 0.494 e. The summed E-state index contributed by atoms with van der Waals surface area (Å²) < 4.78 is 5.47. The van der Waals surface area contributed by atoms with Gasteiger partial charge in [-0.15, -0.1) is 0 Å². The van der Waals surface area contributed by atoms with E-state index in [2.05, 4.69) is 15.5 Å². The number of aromatic amines is 1. The van der Waals surface area contributed by atoms with Crippen LogP contribution < -0.4 is 10.1 Å². The number of hydrogen-bond acceptors (Lipinski definition) is 4. The first-order valence-corrected chi connectivity index (χ1v) is 12.0. The first-order valence-electron chi connectivity index (χ1n) is 12.0. The van der Waals surface area contributed by atoms with Gasteiger partial charge in [-0.1, -0.05) is 19.3 Å². The maximum absolute atomic E-state index is 12.9. The number of likely N-dealkylation sites (tertiary alicyclic amines) is 1. The Morgan fingerprint density at radius 3 is 2.50 bits per heavy atom. The molecule has 4 rings (SSSR count). The fourth-order valence-electron chi connectivity index (χ4n) is 4.81. The molecule has 2 aromatic rings. The van der Waals surface area contributed by atoms with Gasteiger partial charge in [0.15, 0.2) is 0 Å². The molecule has 0 unspecified atom stereocenters. The molecule has 1 saturated heterocycles. The molecule has 2 fully saturated rings. The Morgan fingerprint density at radius 2 is 1.81 bits per heavy atom. The Kier molecular flexibility index (Phi) is 7.45. The summed E-state index contributed by atoms with van der Waals surface area (Å²) in [6, 6.07) is 9.66. The van der Waals surface area contributed by atoms with Crippen molar-refractivity contribution < 1.29 is 14.3 Å². The number of rotatable bonds is 7. The monoisotopic (exact) mass is 438 g/mol. The zero-order valence-electron chi connectivity index (χ0n) is 18.9. The molecule has 1 aliphatic carbocycles. The summed E-state index contributed by atoms with van der Waals surface area (Å²) in [5.41, 5.74) is 2.16. The molecule has 0 bridgehead atoms. The van der Waals surface area contributed by atoms with Gasteiger partial charge in [0.05, 0.1) is 12.3 Å². The molecule has 1 aliphatic heterocycles. The highest BCUT2D eigenvalue weighted by Gasteiger charge is 2.26. The van der Waals surface area contributed by atoms with Gasteiger partial charge in [0.1, 0.15) is 11.4 Å². The third-order valence-corrected chi connectivity index (χ3v) is 6.62. The average Bonchev–Trinajstić information content (AvgIpc) is 3.31. The highest BCUT2D eigenvalue weighted by atomic mass is 16.5. The summed E-state index contributed by atoms with van der Waals surface area (Å²) in [4.78, 5) is 27.2. The second-order valence-corrected chi connectivity index (χ2v) is 8.97. The van der Waals surface area contributed by atoms with Crippen molar-refractivity contribution in [3.63, 3.8) is 0 Å². The van der Waals surface area contributed by atoms with Gasteiger partial charge in [-0.25, -0.2) is 0 Å². The predicted molar refractivity (Wildman–Crippen MR) is 123 cm³/mol. The molecule has 1 aromatic carbocycles. The smallest absolute Gasteiger partial charge is 0.271 e. The van der Waals surface area contributed by atoms with E-state index in [0.29, 0.717) is 37.7 Å². The lowest BCUT2D eigenvalue weighted by atomic mass is 9.86. The minimum Gasteiger partial charge on any atom is -0.494 e. The number of amides is 2. The molecular formula is C25H34N4O3. The topological polar surface area (TPSA) is 87.3 Å². The molecule has 2 aliphatic rings. The van der Waals surface area contributed by atoms with Crippen LogP contribution in [0, 0.1) is 5.92 Å². The van der Waals surface area contributed by atoms with Crippen LogP contribution in [-0.2, 0) is 4.79 Å². The van der Waals surface area contributed by atoms with Crippen molar-refractivity contribution in [3.05, 3.63) is 36.0 Å². The summed E-state index contributed by atoms with van der Waals surface area (Å²) in [6.07, 6.45) is 8.43. The van der Waals surface area contributed by atoms with Crippen molar-refractivity contribution in [1.82, 2.24) is 20.4 Å². The second kappa shape index (κ2) is 10.7. The number of nitrogens with zero attached hydrogens (tertiary/aromatic N) is 2. The average molecular weight is 439 g/mol. The van der Waals surface area contributed by atoms with Crippen molar-refractivity contribution in [2.24, 2.45) is 5.92 Å². The molecule has 0 spiro atoms. The Labute approximate surface area is 189 Å². The normalized spacial score (nSPS) is 17.8. The lowest BCUT2D eigenvalue weighted by Gasteiger charge is -2.32. The van der Waals surface area contributed by atoms with Gasteiger partial charge in [-0.3, -0.25) is 14.7 Å². The van der Waals surface area contributed by atoms with Crippen LogP contribution in [0.4, 0.5) is 0 Å². The van der Waals surface area contributed by atoms with E-state index < -0.39 is 0 Å². The molecule has 32 heavy (non-hydrogen) atoms. The Morgan fingerprint density at radius 1 is 1.09 bits per heavy atom. The van der Waals surface area contributed by atoms with E-state index >= 15 is 0 Å². The van der Waals surface area contributed by atoms with Crippen molar-refractivity contribution in [1.29, 1.82) is 0 Å². The van der Waals surface area contributed by atoms with Gasteiger partial charge in [0, 0.05) is 31.1 Å². The third-order valence-electron chi connectivity index (χ3n) is 6.62. The highest BCUT2D eigenvalue weighted by molar-refractivity contribution is 5.93. The summed E-state index contributed by atoms with van der Waals surface area (Å²) in [5, 5.41) is 10.4. The van der Waals surface area contributed by atoms with Crippen LogP contribution in [0.25, 0.3) is 11.3 Å². The fraction of sp³-hybridized carbons (Fsp3) is 0.560. The molecule has 7 heteroatoms. The van der Waals surface area contributed by atoms with Crippen LogP contribution in [0.1, 0.15) is 68.8 Å². The number of piperidine rings is 1. The predicted octanol–water partition coefficient (Wildman–Crippen LogP) is 4.17. The van der Waals surface area contributed by atoms with E-state index in [1.165, 1.54) is 32.1 Å². The number of H-pyrrole nitrogens is 1. The Bertz CT molecular complexity index is 894. The van der Waals surface area contributed by atoms with Crippen LogP contribution in [0.5, 0.6) is 5.75 Å². The van der Waals surface area contributed by atoms with Gasteiger partial charge in [0.25, 0.3) is 5.91 Å². The van der Waals surface area contributed by atoms with Crippen LogP contribution >= 0.6 is 0 Å². The molecule has 1 aromatic heterocycles. The molecule has 7 nitrogen and oxygen atoms in total. The number of aromatic nitrogens is 2. The van der Waals surface area contributed by atoms with Crippen molar-refractivity contribution >= 4 is 11.8 Å². The number of hydrogen-bond donors (Lipinski definition) is 2. The molecule has 2 heterocycles. The lowest BCUT2D eigenvalue weighted by Crippen LogP contribution is -2.46. The summed E-state index contributed by atoms with van der Waals surface area (Å²) in [5.74, 6) is 1.50. The Hall–Kier alpha value is -2.83. The van der Waals surface area contributed by atoms with Crippen LogP contribution in [0.15, 0.2) is 30.3 Å². The van der Waals surface area contributed by atoms with E-state index in [-0.39, 0.29) is 17.9 Å². The second-order valence-electron chi connectivity index (χ2n) is 8.97. The molecule has 2 amide bonds. The van der Waals surface area contributed by atoms with Gasteiger partial charge >= 0.3 is 0 Å². The summed E-state index contributed by atoms with van der Waals surface area (Å²) in [6.45, 7) is 3.87. The van der Waals surface area contributed by atoms with E-state index in [1.54, 1.807) is 6.07 Å². The molecular weight excluding hydrogens is 404 g/mol. The Balaban J connectivity index is 1.26. The SMILES string of the molecule is CCOc1ccc(-c2cc(C(=O)N3CCC(NC(=O)CC4CCCCC4)CC3)[nH]n2)cc1. The number of nitrogens with one attached hydrogen (secondary N) is 2. The highest BCUT2D eigenvalue weighted by Crippen LogP contribution is 2.26. The number of carbonyl (C=O) groups excluding carboxylic acids is 2. The van der Waals surface area contributed by atoms with Crippen LogP contribution in [0.2, 0.25) is 0 Å². The van der Waals surface area contributed by atoms with E-state index in [0.717, 1.165) is 29.8 Å². The van der Waals surface area contributed by atoms with E-state index in [4.69, 9.17) is 4.74 Å². The van der Waals surface area contributed by atoms with Crippen molar-refractivity contribution in [3.8, 4) is 17.0 Å². The lowest BCUT2D eigenvalue weighted by molar-refractivity contribution is -0.123. The zero-order valence-corrected chi connectivity index (χ0v) is 18.9. The molecule has 2 N–H and O–H groups in total. The standard InChI is InChI=1S/C25H34N4O3/c1-2-32-21-10-8-19(9-11-21)22-17-23(28-27-22)25(31)29-14-12-20(13-15-29)26-24(30)16-18-6-4-3-5-7-18/h8-11,17-18,20H,2-7,12-16H2,1H3,(H,26,30)(H,27,28).